The van der Waals surface area contributed by atoms with Crippen molar-refractivity contribution in [2.45, 2.75) is 50.7 Å². The van der Waals surface area contributed by atoms with E-state index >= 15 is 0 Å². The van der Waals surface area contributed by atoms with E-state index in [4.69, 9.17) is 0 Å². The van der Waals surface area contributed by atoms with Crippen LogP contribution in [0.3, 0.4) is 0 Å². The van der Waals surface area contributed by atoms with E-state index in [0.29, 0.717) is 63.6 Å². The van der Waals surface area contributed by atoms with E-state index in [1.807, 2.05) is 11.0 Å². The third-order valence-corrected chi connectivity index (χ3v) is 7.44. The molecule has 3 heterocycles. The molecule has 9 heteroatoms. The summed E-state index contributed by atoms with van der Waals surface area (Å²) in [5.41, 5.74) is -0.340. The number of aliphatic hydroxyl groups is 1. The number of allylic oxidation sites excluding steroid dienone is 4. The Kier molecular flexibility index (Phi) is 8.08. The number of nitrogens with zero attached hydrogens (tertiary/aromatic N) is 4. The fourth-order valence-electron chi connectivity index (χ4n) is 4.71. The summed E-state index contributed by atoms with van der Waals surface area (Å²) in [6, 6.07) is 1.47. The largest absolute Gasteiger partial charge is 0.388 e. The number of carbonyl (C=O) groups is 2. The van der Waals surface area contributed by atoms with Crippen LogP contribution >= 0.6 is 0 Å². The molecule has 0 spiro atoms. The Labute approximate surface area is 212 Å². The number of rotatable bonds is 11. The third-order valence-electron chi connectivity index (χ3n) is 7.44. The number of carbonyl (C=O) groups excluding carboxylic acids is 2. The molecular weight excluding hydrogens is 458 g/mol. The van der Waals surface area contributed by atoms with Crippen LogP contribution in [0.25, 0.3) is 0 Å². The normalized spacial score (nSPS) is 20.0. The minimum absolute atomic E-state index is 0.0473. The monoisotopic (exact) mass is 495 g/mol. The second-order valence-corrected chi connectivity index (χ2v) is 10.3. The maximum Gasteiger partial charge on any atom is 0.255 e. The van der Waals surface area contributed by atoms with Gasteiger partial charge in [0.2, 0.25) is 11.8 Å². The molecule has 194 valence electrons. The summed E-state index contributed by atoms with van der Waals surface area (Å²) < 4.78 is 1.43. The van der Waals surface area contributed by atoms with Gasteiger partial charge < -0.3 is 20.2 Å². The summed E-state index contributed by atoms with van der Waals surface area (Å²) in [5.74, 6) is 1.26. The first kappa shape index (κ1) is 25.9. The fourth-order valence-corrected chi connectivity index (χ4v) is 4.71. The minimum atomic E-state index is -1.07. The van der Waals surface area contributed by atoms with Crippen LogP contribution < -0.4 is 15.8 Å². The van der Waals surface area contributed by atoms with E-state index < -0.39 is 5.60 Å². The molecule has 4 rings (SSSR count). The van der Waals surface area contributed by atoms with Crippen molar-refractivity contribution in [2.24, 2.45) is 11.8 Å². The average Bonchev–Trinajstić information content (AvgIpc) is 3.66. The van der Waals surface area contributed by atoms with E-state index in [9.17, 15) is 19.5 Å². The van der Waals surface area contributed by atoms with Crippen LogP contribution in [-0.4, -0.2) is 69.7 Å². The second kappa shape index (κ2) is 11.2. The molecule has 36 heavy (non-hydrogen) atoms. The quantitative estimate of drug-likeness (QED) is 0.452. The number of amides is 2. The van der Waals surface area contributed by atoms with Crippen molar-refractivity contribution in [1.82, 2.24) is 19.8 Å². The highest BCUT2D eigenvalue weighted by atomic mass is 16.3. The lowest BCUT2D eigenvalue weighted by Gasteiger charge is -2.39. The van der Waals surface area contributed by atoms with E-state index in [1.165, 1.54) is 29.8 Å². The molecule has 0 atom stereocenters. The highest BCUT2D eigenvalue weighted by molar-refractivity contribution is 5.81. The third kappa shape index (κ3) is 6.51. The molecule has 2 saturated heterocycles. The van der Waals surface area contributed by atoms with Gasteiger partial charge in [-0.2, -0.15) is 0 Å². The number of anilines is 1. The van der Waals surface area contributed by atoms with E-state index in [1.54, 1.807) is 17.1 Å². The Morgan fingerprint density at radius 3 is 2.53 bits per heavy atom. The first-order valence-corrected chi connectivity index (χ1v) is 12.8. The fraction of sp³-hybridized carbons (Fsp3) is 0.556. The van der Waals surface area contributed by atoms with Crippen LogP contribution in [0, 0.1) is 11.8 Å². The van der Waals surface area contributed by atoms with Gasteiger partial charge in [0.1, 0.15) is 5.82 Å². The predicted octanol–water partition coefficient (Wildman–Crippen LogP) is 1.64. The molecule has 1 aliphatic carbocycles. The summed E-state index contributed by atoms with van der Waals surface area (Å²) in [6.45, 7) is 10.3. The second-order valence-electron chi connectivity index (χ2n) is 10.3. The highest BCUT2D eigenvalue weighted by Gasteiger charge is 2.36. The van der Waals surface area contributed by atoms with Crippen molar-refractivity contribution in [2.75, 3.05) is 37.6 Å². The lowest BCUT2D eigenvalue weighted by molar-refractivity contribution is -0.135. The van der Waals surface area contributed by atoms with Gasteiger partial charge in [-0.15, -0.1) is 0 Å². The zero-order chi connectivity index (χ0) is 25.7. The zero-order valence-electron chi connectivity index (χ0n) is 20.9. The predicted molar refractivity (Wildman–Crippen MR) is 138 cm³/mol. The molecule has 3 aliphatic rings. The molecule has 0 bridgehead atoms. The minimum Gasteiger partial charge on any atom is -0.388 e. The molecule has 3 fully saturated rings. The molecule has 2 N–H and O–H groups in total. The SMILES string of the molecule is C=C/C=C(\C=C)CCC(=O)N1CCC(O)(Cn2cnc(N3CC(C(=O)NCC4CC4)C3)cc2=O)CC1. The standard InChI is InChI=1S/C27H37N5O4/c1-3-5-20(4-2)8-9-24(33)30-12-10-27(36,11-13-30)18-32-19-29-23(14-25(32)34)31-16-22(17-31)26(35)28-15-21-6-7-21/h3-5,14,19,21-22,36H,1-2,6-13,15-18H2,(H,28,35)/b20-5+. The Morgan fingerprint density at radius 2 is 1.92 bits per heavy atom. The zero-order valence-corrected chi connectivity index (χ0v) is 20.9. The molecule has 2 amide bonds. The van der Waals surface area contributed by atoms with Crippen molar-refractivity contribution in [3.63, 3.8) is 0 Å². The number of piperidine rings is 1. The first-order valence-electron chi connectivity index (χ1n) is 12.8. The summed E-state index contributed by atoms with van der Waals surface area (Å²) in [7, 11) is 0. The maximum atomic E-state index is 12.7. The lowest BCUT2D eigenvalue weighted by atomic mass is 9.91. The smallest absolute Gasteiger partial charge is 0.255 e. The van der Waals surface area contributed by atoms with Gasteiger partial charge in [0.15, 0.2) is 0 Å². The number of aromatic nitrogens is 2. The molecule has 1 aromatic heterocycles. The first-order chi connectivity index (χ1) is 17.3. The number of nitrogens with one attached hydrogen (secondary N) is 1. The van der Waals surface area contributed by atoms with Crippen LogP contribution in [0.4, 0.5) is 5.82 Å². The summed E-state index contributed by atoms with van der Waals surface area (Å²) >= 11 is 0. The van der Waals surface area contributed by atoms with Gasteiger partial charge in [-0.25, -0.2) is 4.98 Å². The van der Waals surface area contributed by atoms with Gasteiger partial charge in [-0.3, -0.25) is 19.0 Å². The summed E-state index contributed by atoms with van der Waals surface area (Å²) in [5, 5.41) is 14.1. The molecule has 1 saturated carbocycles. The van der Waals surface area contributed by atoms with Crippen molar-refractivity contribution >= 4 is 17.6 Å². The molecule has 0 radical (unpaired) electrons. The van der Waals surface area contributed by atoms with Gasteiger partial charge in [-0.05, 0) is 43.6 Å². The van der Waals surface area contributed by atoms with Gasteiger partial charge in [-0.1, -0.05) is 31.4 Å². The average molecular weight is 496 g/mol. The van der Waals surface area contributed by atoms with Gasteiger partial charge >= 0.3 is 0 Å². The number of likely N-dealkylation sites (tertiary alicyclic amines) is 1. The van der Waals surface area contributed by atoms with Crippen molar-refractivity contribution in [3.05, 3.63) is 59.7 Å². The van der Waals surface area contributed by atoms with Crippen LogP contribution in [0.1, 0.15) is 38.5 Å². The Bertz CT molecular complexity index is 1080. The Morgan fingerprint density at radius 1 is 1.19 bits per heavy atom. The van der Waals surface area contributed by atoms with Crippen LogP contribution in [0.15, 0.2) is 54.1 Å². The van der Waals surface area contributed by atoms with Crippen molar-refractivity contribution < 1.29 is 14.7 Å². The van der Waals surface area contributed by atoms with Crippen molar-refractivity contribution in [3.8, 4) is 0 Å². The van der Waals surface area contributed by atoms with Gasteiger partial charge in [0.25, 0.3) is 5.56 Å². The van der Waals surface area contributed by atoms with Crippen molar-refractivity contribution in [1.29, 1.82) is 0 Å². The molecule has 2 aliphatic heterocycles. The van der Waals surface area contributed by atoms with E-state index in [-0.39, 0.29) is 29.8 Å². The topological polar surface area (TPSA) is 108 Å². The molecular formula is C27H37N5O4. The molecule has 1 aromatic rings. The Hall–Kier alpha value is -3.20. The number of hydrogen-bond donors (Lipinski definition) is 2. The summed E-state index contributed by atoms with van der Waals surface area (Å²) in [6.07, 6.45) is 10.9. The molecule has 9 nitrogen and oxygen atoms in total. The highest BCUT2D eigenvalue weighted by Crippen LogP contribution is 2.28. The van der Waals surface area contributed by atoms with Crippen LogP contribution in [0.2, 0.25) is 0 Å². The molecule has 0 unspecified atom stereocenters. The molecule has 0 aromatic carbocycles. The maximum absolute atomic E-state index is 12.7. The van der Waals surface area contributed by atoms with Gasteiger partial charge in [0, 0.05) is 45.2 Å². The van der Waals surface area contributed by atoms with E-state index in [2.05, 4.69) is 23.5 Å². The Balaban J connectivity index is 1.24. The van der Waals surface area contributed by atoms with E-state index in [0.717, 1.165) is 12.1 Å². The summed E-state index contributed by atoms with van der Waals surface area (Å²) in [4.78, 5) is 45.6. The van der Waals surface area contributed by atoms with Crippen LogP contribution in [-0.2, 0) is 16.1 Å². The van der Waals surface area contributed by atoms with Crippen LogP contribution in [0.5, 0.6) is 0 Å². The van der Waals surface area contributed by atoms with Gasteiger partial charge in [0.05, 0.1) is 24.4 Å². The number of hydrogen-bond acceptors (Lipinski definition) is 6. The lowest BCUT2D eigenvalue weighted by Crippen LogP contribution is -2.54.